The number of aromatic nitrogens is 1. The van der Waals surface area contributed by atoms with Crippen molar-refractivity contribution in [1.82, 2.24) is 14.8 Å². The van der Waals surface area contributed by atoms with Crippen molar-refractivity contribution in [2.24, 2.45) is 5.73 Å². The van der Waals surface area contributed by atoms with Gasteiger partial charge in [0.15, 0.2) is 0 Å². The van der Waals surface area contributed by atoms with Crippen LogP contribution in [-0.4, -0.2) is 74.2 Å². The van der Waals surface area contributed by atoms with Crippen molar-refractivity contribution in [2.75, 3.05) is 52.3 Å². The Kier molecular flexibility index (Phi) is 8.01. The fourth-order valence-electron chi connectivity index (χ4n) is 5.40. The zero-order chi connectivity index (χ0) is 29.1. The number of methoxy groups -OCH3 is 2. The van der Waals surface area contributed by atoms with E-state index in [1.165, 1.54) is 19.1 Å². The highest BCUT2D eigenvalue weighted by Crippen LogP contribution is 2.43. The van der Waals surface area contributed by atoms with E-state index in [2.05, 4.69) is 22.9 Å². The van der Waals surface area contributed by atoms with Crippen molar-refractivity contribution in [3.8, 4) is 6.07 Å². The number of hydrogen-bond donors (Lipinski definition) is 1. The maximum absolute atomic E-state index is 13.3. The van der Waals surface area contributed by atoms with Crippen LogP contribution in [0.5, 0.6) is 0 Å². The SMILES string of the molecule is COC(=O)C1=C(C(=O)OC)N(c2ccc3nc(CN4CCN(C)CC4)ccc3c2)C(N)=C(C#N)C1c1ccccc1. The third-order valence-corrected chi connectivity index (χ3v) is 7.58. The molecule has 0 aliphatic carbocycles. The second-order valence-corrected chi connectivity index (χ2v) is 10.1. The number of carbonyl (C=O) groups is 2. The van der Waals surface area contributed by atoms with Gasteiger partial charge < -0.3 is 20.1 Å². The number of anilines is 1. The first kappa shape index (κ1) is 27.8. The van der Waals surface area contributed by atoms with Crippen molar-refractivity contribution >= 4 is 28.5 Å². The van der Waals surface area contributed by atoms with Crippen LogP contribution in [0, 0.1) is 11.3 Å². The Labute approximate surface area is 238 Å². The summed E-state index contributed by atoms with van der Waals surface area (Å²) in [5, 5.41) is 11.1. The summed E-state index contributed by atoms with van der Waals surface area (Å²) in [5.41, 5.74) is 9.44. The van der Waals surface area contributed by atoms with Crippen molar-refractivity contribution in [3.63, 3.8) is 0 Å². The standard InChI is InChI=1S/C31H32N6O4/c1-35-13-15-36(16-14-35)19-22-10-9-21-17-23(11-12-25(21)34-22)37-28(31(39)41-3)27(30(38)40-2)26(24(18-32)29(37)33)20-7-5-4-6-8-20/h4-12,17,26H,13-16,19,33H2,1-3H3. The Morgan fingerprint density at radius 1 is 1.00 bits per heavy atom. The van der Waals surface area contributed by atoms with Crippen LogP contribution in [0.4, 0.5) is 5.69 Å². The normalized spacial score (nSPS) is 18.4. The fourth-order valence-corrected chi connectivity index (χ4v) is 5.40. The number of rotatable bonds is 6. The number of benzene rings is 2. The van der Waals surface area contributed by atoms with E-state index in [0.717, 1.165) is 49.3 Å². The quantitative estimate of drug-likeness (QED) is 0.456. The molecule has 10 nitrogen and oxygen atoms in total. The summed E-state index contributed by atoms with van der Waals surface area (Å²) in [5.74, 6) is -2.45. The van der Waals surface area contributed by atoms with Gasteiger partial charge in [-0.2, -0.15) is 5.26 Å². The van der Waals surface area contributed by atoms with Gasteiger partial charge in [-0.1, -0.05) is 36.4 Å². The average molecular weight is 553 g/mol. The van der Waals surface area contributed by atoms with E-state index >= 15 is 0 Å². The maximum Gasteiger partial charge on any atom is 0.355 e. The number of piperazine rings is 1. The molecule has 3 heterocycles. The number of nitrogens with zero attached hydrogens (tertiary/aromatic N) is 5. The van der Waals surface area contributed by atoms with Gasteiger partial charge in [0.25, 0.3) is 0 Å². The van der Waals surface area contributed by atoms with Crippen LogP contribution in [0.25, 0.3) is 10.9 Å². The molecule has 0 amide bonds. The maximum atomic E-state index is 13.3. The minimum atomic E-state index is -0.918. The molecule has 1 unspecified atom stereocenters. The third kappa shape index (κ3) is 5.37. The molecule has 1 atom stereocenters. The number of hydrogen-bond acceptors (Lipinski definition) is 10. The topological polar surface area (TPSA) is 125 Å². The minimum Gasteiger partial charge on any atom is -0.466 e. The summed E-state index contributed by atoms with van der Waals surface area (Å²) in [6.45, 7) is 4.80. The summed E-state index contributed by atoms with van der Waals surface area (Å²) in [7, 11) is 4.58. The number of likely N-dealkylation sites (N-methyl/N-ethyl adjacent to an activating group) is 1. The summed E-state index contributed by atoms with van der Waals surface area (Å²) < 4.78 is 10.2. The number of carbonyl (C=O) groups excluding carboxylic acids is 2. The first-order valence-corrected chi connectivity index (χ1v) is 13.3. The van der Waals surface area contributed by atoms with Crippen molar-refractivity contribution in [1.29, 1.82) is 5.26 Å². The largest absolute Gasteiger partial charge is 0.466 e. The van der Waals surface area contributed by atoms with E-state index in [9.17, 15) is 14.9 Å². The molecule has 1 aromatic heterocycles. The van der Waals surface area contributed by atoms with Crippen molar-refractivity contribution < 1.29 is 19.1 Å². The van der Waals surface area contributed by atoms with Gasteiger partial charge in [0.1, 0.15) is 11.5 Å². The lowest BCUT2D eigenvalue weighted by molar-refractivity contribution is -0.139. The number of pyridine rings is 1. The highest BCUT2D eigenvalue weighted by molar-refractivity contribution is 6.06. The molecule has 41 heavy (non-hydrogen) atoms. The molecule has 2 aliphatic heterocycles. The number of allylic oxidation sites excluding steroid dienone is 1. The molecule has 2 N–H and O–H groups in total. The zero-order valence-corrected chi connectivity index (χ0v) is 23.3. The monoisotopic (exact) mass is 552 g/mol. The molecule has 2 aromatic carbocycles. The lowest BCUT2D eigenvalue weighted by Crippen LogP contribution is -2.44. The Balaban J connectivity index is 1.60. The van der Waals surface area contributed by atoms with Crippen LogP contribution >= 0.6 is 0 Å². The summed E-state index contributed by atoms with van der Waals surface area (Å²) in [4.78, 5) is 37.5. The van der Waals surface area contributed by atoms with Crippen LogP contribution in [0.1, 0.15) is 17.2 Å². The van der Waals surface area contributed by atoms with Gasteiger partial charge in [-0.15, -0.1) is 0 Å². The van der Waals surface area contributed by atoms with Gasteiger partial charge in [-0.05, 0) is 36.9 Å². The molecular weight excluding hydrogens is 520 g/mol. The number of fused-ring (bicyclic) bond motifs is 1. The minimum absolute atomic E-state index is 0.0217. The van der Waals surface area contributed by atoms with Crippen LogP contribution in [0.3, 0.4) is 0 Å². The van der Waals surface area contributed by atoms with Crippen LogP contribution in [-0.2, 0) is 25.6 Å². The van der Waals surface area contributed by atoms with Gasteiger partial charge in [0.2, 0.25) is 0 Å². The van der Waals surface area contributed by atoms with Gasteiger partial charge in [0, 0.05) is 43.8 Å². The summed E-state index contributed by atoms with van der Waals surface area (Å²) >= 11 is 0. The van der Waals surface area contributed by atoms with Crippen LogP contribution in [0.2, 0.25) is 0 Å². The smallest absolute Gasteiger partial charge is 0.355 e. The molecule has 0 saturated carbocycles. The molecule has 1 saturated heterocycles. The van der Waals surface area contributed by atoms with E-state index in [1.54, 1.807) is 30.3 Å². The van der Waals surface area contributed by atoms with E-state index in [0.29, 0.717) is 11.3 Å². The highest BCUT2D eigenvalue weighted by atomic mass is 16.5. The number of nitriles is 1. The predicted molar refractivity (Wildman–Crippen MR) is 154 cm³/mol. The molecule has 0 bridgehead atoms. The average Bonchev–Trinajstić information content (AvgIpc) is 3.01. The Bertz CT molecular complexity index is 1590. The zero-order valence-electron chi connectivity index (χ0n) is 23.3. The molecule has 3 aromatic rings. The van der Waals surface area contributed by atoms with E-state index in [1.807, 2.05) is 30.3 Å². The molecule has 0 radical (unpaired) electrons. The Hall–Kier alpha value is -4.72. The second-order valence-electron chi connectivity index (χ2n) is 10.1. The van der Waals surface area contributed by atoms with Gasteiger partial charge in [0.05, 0.1) is 48.6 Å². The van der Waals surface area contributed by atoms with Crippen molar-refractivity contribution in [2.45, 2.75) is 12.5 Å². The molecule has 1 fully saturated rings. The number of esters is 2. The molecule has 10 heteroatoms. The summed E-state index contributed by atoms with van der Waals surface area (Å²) in [6.07, 6.45) is 0. The van der Waals surface area contributed by atoms with Gasteiger partial charge in [-0.25, -0.2) is 9.59 Å². The number of nitrogens with two attached hydrogens (primary N) is 1. The first-order valence-electron chi connectivity index (χ1n) is 13.3. The first-order chi connectivity index (χ1) is 19.9. The van der Waals surface area contributed by atoms with Gasteiger partial charge >= 0.3 is 11.9 Å². The van der Waals surface area contributed by atoms with E-state index < -0.39 is 17.9 Å². The van der Waals surface area contributed by atoms with Crippen molar-refractivity contribution in [3.05, 3.63) is 94.6 Å². The number of ether oxygens (including phenoxy) is 2. The highest BCUT2D eigenvalue weighted by Gasteiger charge is 2.43. The van der Waals surface area contributed by atoms with E-state index in [-0.39, 0.29) is 22.7 Å². The molecular formula is C31H32N6O4. The third-order valence-electron chi connectivity index (χ3n) is 7.58. The Morgan fingerprint density at radius 2 is 1.71 bits per heavy atom. The molecule has 5 rings (SSSR count). The molecule has 2 aliphatic rings. The fraction of sp³-hybridized carbons (Fsp3) is 0.290. The predicted octanol–water partition coefficient (Wildman–Crippen LogP) is 2.88. The molecule has 210 valence electrons. The summed E-state index contributed by atoms with van der Waals surface area (Å²) in [6, 6.07) is 20.5. The lowest BCUT2D eigenvalue weighted by Gasteiger charge is -2.36. The van der Waals surface area contributed by atoms with Crippen LogP contribution in [0.15, 0.2) is 83.3 Å². The van der Waals surface area contributed by atoms with Gasteiger partial charge in [-0.3, -0.25) is 14.8 Å². The van der Waals surface area contributed by atoms with E-state index in [4.69, 9.17) is 20.2 Å². The second kappa shape index (κ2) is 11.8. The Morgan fingerprint density at radius 3 is 2.37 bits per heavy atom. The molecule has 0 spiro atoms. The van der Waals surface area contributed by atoms with Crippen LogP contribution < -0.4 is 10.6 Å². The lowest BCUT2D eigenvalue weighted by atomic mass is 9.81.